The molecule has 0 unspecified atom stereocenters. The van der Waals surface area contributed by atoms with E-state index in [0.717, 1.165) is 0 Å². The van der Waals surface area contributed by atoms with Crippen LogP contribution in [0.1, 0.15) is 29.8 Å². The molecule has 166 valence electrons. The molecule has 0 fully saturated rings. The average molecular weight is 457 g/mol. The van der Waals surface area contributed by atoms with E-state index in [1.807, 2.05) is 6.07 Å². The zero-order chi connectivity index (χ0) is 23.5. The molecule has 0 saturated heterocycles. The molecular formula is C23H21ClN2O6. The Bertz CT molecular complexity index is 1060. The van der Waals surface area contributed by atoms with Crippen LogP contribution in [0.25, 0.3) is 6.08 Å². The van der Waals surface area contributed by atoms with Crippen LogP contribution >= 0.6 is 11.6 Å². The molecule has 9 heteroatoms. The summed E-state index contributed by atoms with van der Waals surface area (Å²) in [5.74, 6) is -1.35. The van der Waals surface area contributed by atoms with Crippen molar-refractivity contribution in [3.63, 3.8) is 0 Å². The molecule has 0 aliphatic carbocycles. The van der Waals surface area contributed by atoms with Gasteiger partial charge in [-0.05, 0) is 61.9 Å². The topological polar surface area (TPSA) is 115 Å². The Morgan fingerprint density at radius 3 is 2.34 bits per heavy atom. The van der Waals surface area contributed by atoms with Gasteiger partial charge < -0.3 is 19.5 Å². The van der Waals surface area contributed by atoms with Crippen LogP contribution in [0.3, 0.4) is 0 Å². The lowest BCUT2D eigenvalue weighted by Crippen LogP contribution is -2.14. The summed E-state index contributed by atoms with van der Waals surface area (Å²) in [6.07, 6.45) is 1.36. The van der Waals surface area contributed by atoms with E-state index in [0.29, 0.717) is 16.8 Å². The second kappa shape index (κ2) is 12.1. The third kappa shape index (κ3) is 7.15. The maximum Gasteiger partial charge on any atom is 0.344 e. The zero-order valence-electron chi connectivity index (χ0n) is 17.5. The quantitative estimate of drug-likeness (QED) is 0.344. The predicted octanol–water partition coefficient (Wildman–Crippen LogP) is 4.00. The van der Waals surface area contributed by atoms with E-state index in [4.69, 9.17) is 25.8 Å². The third-order valence-electron chi connectivity index (χ3n) is 3.94. The Labute approximate surface area is 190 Å². The first-order valence-electron chi connectivity index (χ1n) is 9.66. The summed E-state index contributed by atoms with van der Waals surface area (Å²) in [5, 5.41) is 12.2. The van der Waals surface area contributed by atoms with Gasteiger partial charge >= 0.3 is 11.9 Å². The Hall–Kier alpha value is -3.83. The van der Waals surface area contributed by atoms with Crippen molar-refractivity contribution in [2.75, 3.05) is 25.1 Å². The summed E-state index contributed by atoms with van der Waals surface area (Å²) in [6, 6.07) is 12.5. The average Bonchev–Trinajstić information content (AvgIpc) is 2.77. The molecule has 0 saturated carbocycles. The van der Waals surface area contributed by atoms with E-state index in [-0.39, 0.29) is 36.2 Å². The molecule has 0 radical (unpaired) electrons. The Kier molecular flexibility index (Phi) is 9.26. The SMILES string of the molecule is CCOC(=O)COc1ccc(/C=C(\C#N)C(=O)Nc2ccc(C(=O)OCC)cc2)cc1Cl. The zero-order valence-corrected chi connectivity index (χ0v) is 18.3. The molecule has 1 N–H and O–H groups in total. The van der Waals surface area contributed by atoms with Crippen molar-refractivity contribution >= 4 is 41.2 Å². The fourth-order valence-corrected chi connectivity index (χ4v) is 2.72. The number of hydrogen-bond acceptors (Lipinski definition) is 7. The largest absolute Gasteiger partial charge is 0.480 e. The van der Waals surface area contributed by atoms with Crippen molar-refractivity contribution in [1.29, 1.82) is 5.26 Å². The second-order valence-corrected chi connectivity index (χ2v) is 6.61. The van der Waals surface area contributed by atoms with Crippen LogP contribution < -0.4 is 10.1 Å². The molecule has 32 heavy (non-hydrogen) atoms. The number of anilines is 1. The lowest BCUT2D eigenvalue weighted by molar-refractivity contribution is -0.145. The molecular weight excluding hydrogens is 436 g/mol. The summed E-state index contributed by atoms with van der Waals surface area (Å²) in [5.41, 5.74) is 1.09. The van der Waals surface area contributed by atoms with Crippen LogP contribution in [0, 0.1) is 11.3 Å². The Morgan fingerprint density at radius 1 is 1.06 bits per heavy atom. The Balaban J connectivity index is 2.07. The lowest BCUT2D eigenvalue weighted by atomic mass is 10.1. The molecule has 0 aromatic heterocycles. The number of hydrogen-bond donors (Lipinski definition) is 1. The number of nitrogens with one attached hydrogen (secondary N) is 1. The van der Waals surface area contributed by atoms with Crippen LogP contribution in [0.4, 0.5) is 5.69 Å². The highest BCUT2D eigenvalue weighted by atomic mass is 35.5. The van der Waals surface area contributed by atoms with E-state index in [1.54, 1.807) is 19.9 Å². The van der Waals surface area contributed by atoms with Gasteiger partial charge in [-0.2, -0.15) is 5.26 Å². The number of esters is 2. The van der Waals surface area contributed by atoms with Crippen molar-refractivity contribution in [3.8, 4) is 11.8 Å². The number of nitrogens with zero attached hydrogens (tertiary/aromatic N) is 1. The molecule has 8 nitrogen and oxygen atoms in total. The number of ether oxygens (including phenoxy) is 3. The second-order valence-electron chi connectivity index (χ2n) is 6.21. The maximum atomic E-state index is 12.5. The minimum Gasteiger partial charge on any atom is -0.480 e. The smallest absolute Gasteiger partial charge is 0.344 e. The number of amides is 1. The van der Waals surface area contributed by atoms with Gasteiger partial charge in [0.1, 0.15) is 17.4 Å². The highest BCUT2D eigenvalue weighted by molar-refractivity contribution is 6.32. The molecule has 0 aliphatic heterocycles. The predicted molar refractivity (Wildman–Crippen MR) is 118 cm³/mol. The molecule has 1 amide bonds. The molecule has 2 rings (SSSR count). The van der Waals surface area contributed by atoms with Crippen molar-refractivity contribution in [2.24, 2.45) is 0 Å². The number of benzene rings is 2. The molecule has 0 bridgehead atoms. The van der Waals surface area contributed by atoms with E-state index < -0.39 is 17.8 Å². The first-order valence-corrected chi connectivity index (χ1v) is 10.0. The fourth-order valence-electron chi connectivity index (χ4n) is 2.48. The van der Waals surface area contributed by atoms with E-state index in [1.165, 1.54) is 42.5 Å². The van der Waals surface area contributed by atoms with Crippen LogP contribution in [0.15, 0.2) is 48.0 Å². The summed E-state index contributed by atoms with van der Waals surface area (Å²) in [4.78, 5) is 35.5. The molecule has 0 heterocycles. The monoisotopic (exact) mass is 456 g/mol. The van der Waals surface area contributed by atoms with Crippen molar-refractivity contribution < 1.29 is 28.6 Å². The summed E-state index contributed by atoms with van der Waals surface area (Å²) < 4.78 is 15.0. The van der Waals surface area contributed by atoms with E-state index in [9.17, 15) is 19.6 Å². The third-order valence-corrected chi connectivity index (χ3v) is 4.23. The normalized spacial score (nSPS) is 10.6. The lowest BCUT2D eigenvalue weighted by Gasteiger charge is -2.08. The number of halogens is 1. The molecule has 0 atom stereocenters. The molecule has 0 aliphatic rings. The molecule has 2 aromatic carbocycles. The van der Waals surface area contributed by atoms with Gasteiger partial charge in [0.2, 0.25) is 0 Å². The van der Waals surface area contributed by atoms with Gasteiger partial charge in [-0.3, -0.25) is 4.79 Å². The highest BCUT2D eigenvalue weighted by Gasteiger charge is 2.12. The standard InChI is InChI=1S/C23H21ClN2O6/c1-3-30-21(27)14-32-20-10-5-15(12-19(20)24)11-17(13-25)22(28)26-18-8-6-16(7-9-18)23(29)31-4-2/h5-12H,3-4,14H2,1-2H3,(H,26,28)/b17-11+. The summed E-state index contributed by atoms with van der Waals surface area (Å²) in [6.45, 7) is 3.61. The number of carbonyl (C=O) groups is 3. The minimum absolute atomic E-state index is 0.157. The highest BCUT2D eigenvalue weighted by Crippen LogP contribution is 2.26. The van der Waals surface area contributed by atoms with Crippen LogP contribution in [0.5, 0.6) is 5.75 Å². The first-order chi connectivity index (χ1) is 15.4. The van der Waals surface area contributed by atoms with Crippen molar-refractivity contribution in [2.45, 2.75) is 13.8 Å². The minimum atomic E-state index is -0.629. The van der Waals surface area contributed by atoms with Crippen LogP contribution in [-0.4, -0.2) is 37.7 Å². The van der Waals surface area contributed by atoms with Gasteiger partial charge in [0.15, 0.2) is 6.61 Å². The van der Waals surface area contributed by atoms with E-state index in [2.05, 4.69) is 5.32 Å². The van der Waals surface area contributed by atoms with Gasteiger partial charge in [0.25, 0.3) is 5.91 Å². The van der Waals surface area contributed by atoms with Gasteiger partial charge in [0.05, 0.1) is 23.8 Å². The van der Waals surface area contributed by atoms with Crippen molar-refractivity contribution in [1.82, 2.24) is 0 Å². The number of nitriles is 1. The molecule has 0 spiro atoms. The van der Waals surface area contributed by atoms with Gasteiger partial charge in [-0.15, -0.1) is 0 Å². The molecule has 2 aromatic rings. The van der Waals surface area contributed by atoms with Crippen molar-refractivity contribution in [3.05, 3.63) is 64.2 Å². The number of carbonyl (C=O) groups excluding carboxylic acids is 3. The van der Waals surface area contributed by atoms with Gasteiger partial charge in [0, 0.05) is 5.69 Å². The van der Waals surface area contributed by atoms with E-state index >= 15 is 0 Å². The Morgan fingerprint density at radius 2 is 1.75 bits per heavy atom. The summed E-state index contributed by atoms with van der Waals surface area (Å²) >= 11 is 6.16. The maximum absolute atomic E-state index is 12.5. The summed E-state index contributed by atoms with van der Waals surface area (Å²) in [7, 11) is 0. The van der Waals surface area contributed by atoms with Crippen LogP contribution in [-0.2, 0) is 19.1 Å². The number of rotatable bonds is 9. The van der Waals surface area contributed by atoms with Gasteiger partial charge in [-0.25, -0.2) is 9.59 Å². The van der Waals surface area contributed by atoms with Gasteiger partial charge in [-0.1, -0.05) is 17.7 Å². The first kappa shape index (κ1) is 24.4. The van der Waals surface area contributed by atoms with Crippen LogP contribution in [0.2, 0.25) is 5.02 Å². The fraction of sp³-hybridized carbons (Fsp3) is 0.217.